The van der Waals surface area contributed by atoms with E-state index < -0.39 is 0 Å². The molecule has 0 unspecified atom stereocenters. The fourth-order valence-electron chi connectivity index (χ4n) is 2.68. The van der Waals surface area contributed by atoms with Crippen LogP contribution >= 0.6 is 0 Å². The monoisotopic (exact) mass is 255 g/mol. The zero-order valence-electron chi connectivity index (χ0n) is 10.6. The maximum Gasteiger partial charge on any atom is 0.140 e. The molecule has 0 atom stereocenters. The molecule has 1 aromatic heterocycles. The van der Waals surface area contributed by atoms with E-state index in [4.69, 9.17) is 5.26 Å². The Morgan fingerprint density at radius 3 is 3.05 bits per heavy atom. The summed E-state index contributed by atoms with van der Waals surface area (Å²) in [5.41, 5.74) is 2.78. The average molecular weight is 255 g/mol. The number of nitriles is 1. The maximum absolute atomic E-state index is 13.4. The molecule has 2 heterocycles. The SMILES string of the molecule is N#CCc1nc(-c2cccc(F)c2)n2c1CCCC2. The number of hydrogen-bond acceptors (Lipinski definition) is 2. The zero-order valence-corrected chi connectivity index (χ0v) is 10.6. The van der Waals surface area contributed by atoms with Crippen molar-refractivity contribution in [1.29, 1.82) is 5.26 Å². The van der Waals surface area contributed by atoms with Crippen molar-refractivity contribution in [2.75, 3.05) is 0 Å². The van der Waals surface area contributed by atoms with Gasteiger partial charge >= 0.3 is 0 Å². The van der Waals surface area contributed by atoms with Crippen LogP contribution in [-0.4, -0.2) is 9.55 Å². The van der Waals surface area contributed by atoms with E-state index in [0.29, 0.717) is 6.42 Å². The van der Waals surface area contributed by atoms with Gasteiger partial charge in [0.05, 0.1) is 18.2 Å². The standard InChI is InChI=1S/C15H14FN3/c16-12-5-3-4-11(10-12)15-18-13(7-8-17)14-6-1-2-9-19(14)15/h3-5,10H,1-2,6-7,9H2. The van der Waals surface area contributed by atoms with Crippen molar-refractivity contribution in [3.8, 4) is 17.5 Å². The van der Waals surface area contributed by atoms with E-state index in [0.717, 1.165) is 48.6 Å². The molecule has 3 rings (SSSR count). The van der Waals surface area contributed by atoms with E-state index in [-0.39, 0.29) is 5.82 Å². The summed E-state index contributed by atoms with van der Waals surface area (Å²) in [5, 5.41) is 8.89. The summed E-state index contributed by atoms with van der Waals surface area (Å²) < 4.78 is 15.5. The maximum atomic E-state index is 13.4. The number of hydrogen-bond donors (Lipinski definition) is 0. The third-order valence-corrected chi connectivity index (χ3v) is 3.53. The van der Waals surface area contributed by atoms with E-state index in [1.807, 2.05) is 6.07 Å². The van der Waals surface area contributed by atoms with Gasteiger partial charge in [-0.15, -0.1) is 0 Å². The third kappa shape index (κ3) is 2.12. The van der Waals surface area contributed by atoms with Crippen molar-refractivity contribution in [3.05, 3.63) is 41.5 Å². The average Bonchev–Trinajstić information content (AvgIpc) is 2.79. The molecule has 0 spiro atoms. The number of fused-ring (bicyclic) bond motifs is 1. The molecule has 1 aliphatic heterocycles. The summed E-state index contributed by atoms with van der Waals surface area (Å²) in [4.78, 5) is 4.57. The van der Waals surface area contributed by atoms with Crippen LogP contribution in [0.15, 0.2) is 24.3 Å². The molecule has 96 valence electrons. The number of nitrogens with zero attached hydrogens (tertiary/aromatic N) is 3. The summed E-state index contributed by atoms with van der Waals surface area (Å²) in [6.45, 7) is 0.902. The topological polar surface area (TPSA) is 41.6 Å². The normalized spacial score (nSPS) is 13.9. The number of halogens is 1. The first-order valence-electron chi connectivity index (χ1n) is 6.51. The lowest BCUT2D eigenvalue weighted by Gasteiger charge is -2.17. The third-order valence-electron chi connectivity index (χ3n) is 3.53. The molecular weight excluding hydrogens is 241 g/mol. The Balaban J connectivity index is 2.14. The Bertz CT molecular complexity index is 652. The van der Waals surface area contributed by atoms with Crippen molar-refractivity contribution < 1.29 is 4.39 Å². The summed E-state index contributed by atoms with van der Waals surface area (Å²) in [6.07, 6.45) is 3.52. The first-order valence-corrected chi connectivity index (χ1v) is 6.51. The van der Waals surface area contributed by atoms with Crippen molar-refractivity contribution in [2.45, 2.75) is 32.2 Å². The van der Waals surface area contributed by atoms with Gasteiger partial charge in [-0.05, 0) is 31.4 Å². The Kier molecular flexibility index (Phi) is 3.04. The van der Waals surface area contributed by atoms with Crippen LogP contribution in [0.25, 0.3) is 11.4 Å². The molecule has 0 bridgehead atoms. The molecule has 2 aromatic rings. The second-order valence-corrected chi connectivity index (χ2v) is 4.78. The van der Waals surface area contributed by atoms with E-state index in [1.54, 1.807) is 6.07 Å². The molecule has 0 saturated heterocycles. The highest BCUT2D eigenvalue weighted by molar-refractivity contribution is 5.57. The van der Waals surface area contributed by atoms with Crippen molar-refractivity contribution in [1.82, 2.24) is 9.55 Å². The van der Waals surface area contributed by atoms with Gasteiger partial charge < -0.3 is 4.57 Å². The van der Waals surface area contributed by atoms with Crippen LogP contribution in [0.5, 0.6) is 0 Å². The number of imidazole rings is 1. The van der Waals surface area contributed by atoms with Crippen LogP contribution in [0.3, 0.4) is 0 Å². The van der Waals surface area contributed by atoms with Crippen molar-refractivity contribution in [3.63, 3.8) is 0 Å². The molecular formula is C15H14FN3. The van der Waals surface area contributed by atoms with Gasteiger partial charge in [-0.25, -0.2) is 9.37 Å². The summed E-state index contributed by atoms with van der Waals surface area (Å²) >= 11 is 0. The quantitative estimate of drug-likeness (QED) is 0.827. The fourth-order valence-corrected chi connectivity index (χ4v) is 2.68. The van der Waals surface area contributed by atoms with E-state index in [2.05, 4.69) is 15.6 Å². The molecule has 0 N–H and O–H groups in total. The molecule has 1 aromatic carbocycles. The number of benzene rings is 1. The Hall–Kier alpha value is -2.15. The number of aromatic nitrogens is 2. The summed E-state index contributed by atoms with van der Waals surface area (Å²) in [5.74, 6) is 0.534. The van der Waals surface area contributed by atoms with Gasteiger partial charge in [0.2, 0.25) is 0 Å². The highest BCUT2D eigenvalue weighted by atomic mass is 19.1. The molecule has 0 aliphatic carbocycles. The molecule has 0 fully saturated rings. The fraction of sp³-hybridized carbons (Fsp3) is 0.333. The number of rotatable bonds is 2. The van der Waals surface area contributed by atoms with E-state index in [9.17, 15) is 4.39 Å². The molecule has 3 nitrogen and oxygen atoms in total. The van der Waals surface area contributed by atoms with Crippen LogP contribution in [-0.2, 0) is 19.4 Å². The Morgan fingerprint density at radius 2 is 2.26 bits per heavy atom. The predicted molar refractivity (Wildman–Crippen MR) is 69.9 cm³/mol. The lowest BCUT2D eigenvalue weighted by atomic mass is 10.1. The Morgan fingerprint density at radius 1 is 1.37 bits per heavy atom. The van der Waals surface area contributed by atoms with Gasteiger partial charge in [-0.3, -0.25) is 0 Å². The van der Waals surface area contributed by atoms with Crippen LogP contribution in [0.2, 0.25) is 0 Å². The van der Waals surface area contributed by atoms with E-state index in [1.165, 1.54) is 12.1 Å². The smallest absolute Gasteiger partial charge is 0.140 e. The molecule has 0 amide bonds. The van der Waals surface area contributed by atoms with Crippen LogP contribution in [0, 0.1) is 17.1 Å². The molecule has 19 heavy (non-hydrogen) atoms. The van der Waals surface area contributed by atoms with Gasteiger partial charge in [0, 0.05) is 17.8 Å². The van der Waals surface area contributed by atoms with Gasteiger partial charge in [0.1, 0.15) is 11.6 Å². The second-order valence-electron chi connectivity index (χ2n) is 4.78. The molecule has 4 heteroatoms. The lowest BCUT2D eigenvalue weighted by Crippen LogP contribution is -2.12. The minimum absolute atomic E-state index is 0.257. The first-order chi connectivity index (χ1) is 9.29. The van der Waals surface area contributed by atoms with Crippen LogP contribution < -0.4 is 0 Å². The van der Waals surface area contributed by atoms with Gasteiger partial charge in [0.25, 0.3) is 0 Å². The zero-order chi connectivity index (χ0) is 13.2. The summed E-state index contributed by atoms with van der Waals surface area (Å²) in [7, 11) is 0. The van der Waals surface area contributed by atoms with Crippen LogP contribution in [0.1, 0.15) is 24.2 Å². The van der Waals surface area contributed by atoms with Gasteiger partial charge in [-0.2, -0.15) is 5.26 Å². The van der Waals surface area contributed by atoms with Gasteiger partial charge in [0.15, 0.2) is 0 Å². The largest absolute Gasteiger partial charge is 0.328 e. The minimum Gasteiger partial charge on any atom is -0.328 e. The molecule has 0 saturated carbocycles. The highest BCUT2D eigenvalue weighted by Gasteiger charge is 2.20. The summed E-state index contributed by atoms with van der Waals surface area (Å²) in [6, 6.07) is 8.65. The highest BCUT2D eigenvalue weighted by Crippen LogP contribution is 2.28. The predicted octanol–water partition coefficient (Wildman–Crippen LogP) is 3.09. The first kappa shape index (κ1) is 11.9. The van der Waals surface area contributed by atoms with Gasteiger partial charge in [-0.1, -0.05) is 12.1 Å². The molecule has 0 radical (unpaired) electrons. The lowest BCUT2D eigenvalue weighted by molar-refractivity contribution is 0.533. The Labute approximate surface area is 111 Å². The second kappa shape index (κ2) is 4.85. The van der Waals surface area contributed by atoms with Crippen LogP contribution in [0.4, 0.5) is 4.39 Å². The molecule has 1 aliphatic rings. The minimum atomic E-state index is -0.257. The van der Waals surface area contributed by atoms with Crippen molar-refractivity contribution in [2.24, 2.45) is 0 Å². The van der Waals surface area contributed by atoms with E-state index >= 15 is 0 Å². The van der Waals surface area contributed by atoms with Crippen molar-refractivity contribution >= 4 is 0 Å².